The molecule has 1 atom stereocenters. The summed E-state index contributed by atoms with van der Waals surface area (Å²) in [5.41, 5.74) is 5.44. The highest BCUT2D eigenvalue weighted by Crippen LogP contribution is 2.20. The summed E-state index contributed by atoms with van der Waals surface area (Å²) in [5, 5.41) is 2.97. The molecule has 1 fully saturated rings. The molecule has 0 aromatic carbocycles. The van der Waals surface area contributed by atoms with Crippen molar-refractivity contribution in [1.29, 1.82) is 0 Å². The molecular weight excluding hydrogens is 242 g/mol. The van der Waals surface area contributed by atoms with E-state index in [1.807, 2.05) is 13.8 Å². The van der Waals surface area contributed by atoms with Gasteiger partial charge in [-0.2, -0.15) is 0 Å². The number of carbonyl (C=O) groups excluding carboxylic acids is 1. The fourth-order valence-corrected chi connectivity index (χ4v) is 2.42. The first-order valence-corrected chi connectivity index (χ1v) is 7.19. The molecule has 3 N–H and O–H groups in total. The fourth-order valence-electron chi connectivity index (χ4n) is 2.42. The molecule has 5 nitrogen and oxygen atoms in total. The second-order valence-electron chi connectivity index (χ2n) is 6.44. The number of carbonyl (C=O) groups is 1. The van der Waals surface area contributed by atoms with Crippen LogP contribution in [0.2, 0.25) is 0 Å². The second-order valence-corrected chi connectivity index (χ2v) is 6.44. The number of hydrogen-bond donors (Lipinski definition) is 2. The molecule has 0 bridgehead atoms. The van der Waals surface area contributed by atoms with Crippen LogP contribution in [0, 0.1) is 5.92 Å². The van der Waals surface area contributed by atoms with Crippen LogP contribution in [-0.4, -0.2) is 55.2 Å². The Labute approximate surface area is 116 Å². The highest BCUT2D eigenvalue weighted by atomic mass is 16.5. The Morgan fingerprint density at radius 3 is 2.79 bits per heavy atom. The highest BCUT2D eigenvalue weighted by Gasteiger charge is 2.33. The molecule has 5 heteroatoms. The summed E-state index contributed by atoms with van der Waals surface area (Å²) in [6.07, 6.45) is 1.04. The number of amides is 1. The van der Waals surface area contributed by atoms with Crippen molar-refractivity contribution >= 4 is 5.91 Å². The molecule has 1 aliphatic heterocycles. The first kappa shape index (κ1) is 16.4. The van der Waals surface area contributed by atoms with Crippen LogP contribution < -0.4 is 11.1 Å². The Balaban J connectivity index is 2.36. The maximum absolute atomic E-state index is 11.9. The van der Waals surface area contributed by atoms with E-state index < -0.39 is 0 Å². The quantitative estimate of drug-likeness (QED) is 0.742. The second kappa shape index (κ2) is 7.22. The molecule has 1 aliphatic rings. The topological polar surface area (TPSA) is 67.6 Å². The van der Waals surface area contributed by atoms with Crippen molar-refractivity contribution < 1.29 is 9.53 Å². The highest BCUT2D eigenvalue weighted by molar-refractivity contribution is 5.78. The van der Waals surface area contributed by atoms with Gasteiger partial charge in [0.25, 0.3) is 0 Å². The minimum absolute atomic E-state index is 0.0206. The van der Waals surface area contributed by atoms with E-state index in [-0.39, 0.29) is 17.6 Å². The number of nitrogens with two attached hydrogens (primary N) is 1. The van der Waals surface area contributed by atoms with Crippen LogP contribution in [0.25, 0.3) is 0 Å². The van der Waals surface area contributed by atoms with Gasteiger partial charge in [-0.1, -0.05) is 13.8 Å². The van der Waals surface area contributed by atoms with E-state index in [0.29, 0.717) is 19.0 Å². The van der Waals surface area contributed by atoms with Crippen LogP contribution in [0.4, 0.5) is 0 Å². The van der Waals surface area contributed by atoms with E-state index in [1.54, 1.807) is 0 Å². The zero-order valence-corrected chi connectivity index (χ0v) is 12.7. The Morgan fingerprint density at radius 2 is 2.21 bits per heavy atom. The molecular formula is C14H29N3O2. The molecule has 1 rings (SSSR count). The fraction of sp³-hybridized carbons (Fsp3) is 0.929. The number of ether oxygens (including phenoxy) is 1. The third kappa shape index (κ3) is 6.36. The van der Waals surface area contributed by atoms with Gasteiger partial charge < -0.3 is 15.8 Å². The van der Waals surface area contributed by atoms with Crippen LogP contribution in [0.1, 0.15) is 34.1 Å². The number of rotatable bonds is 6. The van der Waals surface area contributed by atoms with Crippen LogP contribution in [0.15, 0.2) is 0 Å². The predicted octanol–water partition coefficient (Wildman–Crippen LogP) is 0.587. The Kier molecular flexibility index (Phi) is 6.23. The molecule has 1 amide bonds. The number of nitrogens with one attached hydrogen (secondary N) is 1. The average molecular weight is 271 g/mol. The zero-order chi connectivity index (χ0) is 14.5. The van der Waals surface area contributed by atoms with E-state index in [9.17, 15) is 4.79 Å². The molecule has 0 aliphatic carbocycles. The van der Waals surface area contributed by atoms with Gasteiger partial charge in [0.2, 0.25) is 5.91 Å². The SMILES string of the molecule is CC(C)CCNC(=O)CN1CC(CN)OC(C)(C)C1. The zero-order valence-electron chi connectivity index (χ0n) is 12.7. The number of nitrogens with zero attached hydrogens (tertiary/aromatic N) is 1. The van der Waals surface area contributed by atoms with E-state index in [2.05, 4.69) is 24.1 Å². The largest absolute Gasteiger partial charge is 0.368 e. The number of morpholine rings is 1. The molecule has 112 valence electrons. The Bertz CT molecular complexity index is 292. The molecule has 1 heterocycles. The van der Waals surface area contributed by atoms with Crippen molar-refractivity contribution in [2.45, 2.75) is 45.8 Å². The minimum atomic E-state index is -0.236. The molecule has 1 saturated heterocycles. The van der Waals surface area contributed by atoms with Gasteiger partial charge in [-0.3, -0.25) is 9.69 Å². The lowest BCUT2D eigenvalue weighted by Crippen LogP contribution is -2.56. The van der Waals surface area contributed by atoms with Crippen molar-refractivity contribution in [3.8, 4) is 0 Å². The Hall–Kier alpha value is -0.650. The summed E-state index contributed by atoms with van der Waals surface area (Å²) in [4.78, 5) is 14.0. The first-order chi connectivity index (χ1) is 8.82. The van der Waals surface area contributed by atoms with E-state index in [4.69, 9.17) is 10.5 Å². The van der Waals surface area contributed by atoms with Gasteiger partial charge in [-0.05, 0) is 26.2 Å². The van der Waals surface area contributed by atoms with Crippen LogP contribution in [-0.2, 0) is 9.53 Å². The summed E-state index contributed by atoms with van der Waals surface area (Å²) < 4.78 is 5.85. The first-order valence-electron chi connectivity index (χ1n) is 7.19. The van der Waals surface area contributed by atoms with Gasteiger partial charge in [0.05, 0.1) is 18.2 Å². The standard InChI is InChI=1S/C14H29N3O2/c1-11(2)5-6-16-13(18)9-17-8-12(7-15)19-14(3,4)10-17/h11-12H,5-10,15H2,1-4H3,(H,16,18). The third-order valence-electron chi connectivity index (χ3n) is 3.23. The van der Waals surface area contributed by atoms with Crippen LogP contribution in [0.5, 0.6) is 0 Å². The van der Waals surface area contributed by atoms with Crippen molar-refractivity contribution in [2.75, 3.05) is 32.7 Å². The maximum atomic E-state index is 11.9. The summed E-state index contributed by atoms with van der Waals surface area (Å²) in [5.74, 6) is 0.707. The van der Waals surface area contributed by atoms with Crippen molar-refractivity contribution in [3.63, 3.8) is 0 Å². The number of hydrogen-bond acceptors (Lipinski definition) is 4. The van der Waals surface area contributed by atoms with Crippen molar-refractivity contribution in [3.05, 3.63) is 0 Å². The van der Waals surface area contributed by atoms with E-state index in [1.165, 1.54) is 0 Å². The predicted molar refractivity (Wildman–Crippen MR) is 76.9 cm³/mol. The van der Waals surface area contributed by atoms with Crippen LogP contribution >= 0.6 is 0 Å². The molecule has 1 unspecified atom stereocenters. The van der Waals surface area contributed by atoms with Gasteiger partial charge >= 0.3 is 0 Å². The van der Waals surface area contributed by atoms with Crippen LogP contribution in [0.3, 0.4) is 0 Å². The molecule has 0 aromatic heterocycles. The van der Waals surface area contributed by atoms with Crippen molar-refractivity contribution in [2.24, 2.45) is 11.7 Å². The lowest BCUT2D eigenvalue weighted by atomic mass is 10.1. The summed E-state index contributed by atoms with van der Waals surface area (Å²) in [6.45, 7) is 11.6. The third-order valence-corrected chi connectivity index (χ3v) is 3.23. The molecule has 0 radical (unpaired) electrons. The summed E-state index contributed by atoms with van der Waals surface area (Å²) >= 11 is 0. The van der Waals surface area contributed by atoms with E-state index >= 15 is 0 Å². The summed E-state index contributed by atoms with van der Waals surface area (Å²) in [6, 6.07) is 0. The normalized spacial score (nSPS) is 23.6. The van der Waals surface area contributed by atoms with E-state index in [0.717, 1.165) is 26.1 Å². The van der Waals surface area contributed by atoms with Gasteiger partial charge in [-0.15, -0.1) is 0 Å². The lowest BCUT2D eigenvalue weighted by Gasteiger charge is -2.42. The van der Waals surface area contributed by atoms with Gasteiger partial charge in [0.1, 0.15) is 0 Å². The monoisotopic (exact) mass is 271 g/mol. The van der Waals surface area contributed by atoms with Gasteiger partial charge in [0.15, 0.2) is 0 Å². The molecule has 0 aromatic rings. The molecule has 19 heavy (non-hydrogen) atoms. The lowest BCUT2D eigenvalue weighted by molar-refractivity contribution is -0.141. The Morgan fingerprint density at radius 1 is 1.53 bits per heavy atom. The smallest absolute Gasteiger partial charge is 0.234 e. The molecule has 0 spiro atoms. The average Bonchev–Trinajstić information content (AvgIpc) is 2.25. The minimum Gasteiger partial charge on any atom is -0.368 e. The molecule has 0 saturated carbocycles. The summed E-state index contributed by atoms with van der Waals surface area (Å²) in [7, 11) is 0. The van der Waals surface area contributed by atoms with Gasteiger partial charge in [0, 0.05) is 26.2 Å². The van der Waals surface area contributed by atoms with Gasteiger partial charge in [-0.25, -0.2) is 0 Å². The van der Waals surface area contributed by atoms with Crippen molar-refractivity contribution in [1.82, 2.24) is 10.2 Å². The maximum Gasteiger partial charge on any atom is 0.234 e.